The van der Waals surface area contributed by atoms with Crippen LogP contribution in [0.4, 0.5) is 11.4 Å². The van der Waals surface area contributed by atoms with E-state index in [0.717, 1.165) is 4.90 Å². The molecule has 1 heterocycles. The molecule has 0 aliphatic carbocycles. The van der Waals surface area contributed by atoms with Crippen LogP contribution in [0.25, 0.3) is 0 Å². The van der Waals surface area contributed by atoms with Crippen LogP contribution in [0.15, 0.2) is 83.8 Å². The fourth-order valence-corrected chi connectivity index (χ4v) is 4.44. The predicted molar refractivity (Wildman–Crippen MR) is 115 cm³/mol. The van der Waals surface area contributed by atoms with E-state index in [4.69, 9.17) is 0 Å². The Hall–Kier alpha value is -3.78. The molecule has 31 heavy (non-hydrogen) atoms. The number of sulfonamides is 1. The number of carbonyl (C=O) groups excluding carboxylic acids is 3. The van der Waals surface area contributed by atoms with E-state index in [-0.39, 0.29) is 46.6 Å². The van der Waals surface area contributed by atoms with Crippen LogP contribution in [0.5, 0.6) is 0 Å². The van der Waals surface area contributed by atoms with Crippen molar-refractivity contribution in [2.24, 2.45) is 0 Å². The van der Waals surface area contributed by atoms with E-state index in [0.29, 0.717) is 11.3 Å². The van der Waals surface area contributed by atoms with Gasteiger partial charge in [0.15, 0.2) is 5.78 Å². The summed E-state index contributed by atoms with van der Waals surface area (Å²) in [6, 6.07) is 20.4. The molecule has 0 radical (unpaired) electrons. The first-order chi connectivity index (χ1) is 14.9. The van der Waals surface area contributed by atoms with Gasteiger partial charge in [-0.05, 0) is 36.4 Å². The van der Waals surface area contributed by atoms with E-state index in [9.17, 15) is 22.8 Å². The molecular formula is C23H18N2O5S. The largest absolute Gasteiger partial charge is 0.289 e. The quantitative estimate of drug-likeness (QED) is 0.474. The first kappa shape index (κ1) is 20.5. The highest BCUT2D eigenvalue weighted by Crippen LogP contribution is 2.26. The van der Waals surface area contributed by atoms with Crippen molar-refractivity contribution in [3.63, 3.8) is 0 Å². The van der Waals surface area contributed by atoms with Crippen LogP contribution < -0.4 is 9.62 Å². The van der Waals surface area contributed by atoms with Crippen molar-refractivity contribution < 1.29 is 22.8 Å². The zero-order chi connectivity index (χ0) is 22.0. The maximum atomic E-state index is 12.9. The number of anilines is 2. The molecule has 1 N–H and O–H groups in total. The van der Waals surface area contributed by atoms with Gasteiger partial charge in [-0.25, -0.2) is 8.42 Å². The number of hydrogen-bond acceptors (Lipinski definition) is 5. The monoisotopic (exact) mass is 434 g/mol. The Morgan fingerprint density at radius 2 is 1.35 bits per heavy atom. The lowest BCUT2D eigenvalue weighted by Crippen LogP contribution is -2.28. The summed E-state index contributed by atoms with van der Waals surface area (Å²) in [6.07, 6.45) is 0.291. The van der Waals surface area contributed by atoms with Crippen molar-refractivity contribution in [3.05, 3.63) is 90.0 Å². The van der Waals surface area contributed by atoms with Gasteiger partial charge < -0.3 is 0 Å². The predicted octanol–water partition coefficient (Wildman–Crippen LogP) is 3.37. The molecule has 0 unspecified atom stereocenters. The van der Waals surface area contributed by atoms with Gasteiger partial charge in [0, 0.05) is 24.0 Å². The highest BCUT2D eigenvalue weighted by molar-refractivity contribution is 7.92. The summed E-state index contributed by atoms with van der Waals surface area (Å²) in [6.45, 7) is 0. The molecular weight excluding hydrogens is 416 g/mol. The number of benzene rings is 3. The Morgan fingerprint density at radius 1 is 0.774 bits per heavy atom. The maximum Gasteiger partial charge on any atom is 0.261 e. The minimum absolute atomic E-state index is 0.0580. The summed E-state index contributed by atoms with van der Waals surface area (Å²) in [5.41, 5.74) is 1.15. The van der Waals surface area contributed by atoms with Gasteiger partial charge in [0.25, 0.3) is 10.0 Å². The highest BCUT2D eigenvalue weighted by atomic mass is 32.2. The molecule has 1 saturated heterocycles. The van der Waals surface area contributed by atoms with E-state index < -0.39 is 10.0 Å². The summed E-state index contributed by atoms with van der Waals surface area (Å²) in [5.74, 6) is -0.931. The molecule has 1 aliphatic rings. The van der Waals surface area contributed by atoms with Crippen molar-refractivity contribution in [3.8, 4) is 0 Å². The molecule has 2 amide bonds. The molecule has 0 spiro atoms. The normalized spacial score (nSPS) is 14.0. The average Bonchev–Trinajstić information content (AvgIpc) is 3.12. The van der Waals surface area contributed by atoms with Crippen LogP contribution in [0.3, 0.4) is 0 Å². The second-order valence-corrected chi connectivity index (χ2v) is 8.65. The molecule has 0 aromatic heterocycles. The Balaban J connectivity index is 1.61. The molecule has 1 aliphatic heterocycles. The molecule has 3 aromatic carbocycles. The number of rotatable bonds is 6. The standard InChI is InChI=1S/C23H18N2O5S/c26-21-14-15-22(27)25(21)17-10-12-18(13-11-17)31(29,30)24-20-9-5-4-8-19(20)23(28)16-6-2-1-3-7-16/h1-13,24H,14-15H2. The minimum atomic E-state index is -4.01. The average molecular weight is 434 g/mol. The fourth-order valence-electron chi connectivity index (χ4n) is 3.36. The molecule has 0 atom stereocenters. The second kappa shape index (κ2) is 8.16. The topological polar surface area (TPSA) is 101 Å². The smallest absolute Gasteiger partial charge is 0.261 e. The lowest BCUT2D eigenvalue weighted by atomic mass is 10.0. The van der Waals surface area contributed by atoms with Crippen LogP contribution in [0.1, 0.15) is 28.8 Å². The third-order valence-electron chi connectivity index (χ3n) is 4.91. The molecule has 0 saturated carbocycles. The molecule has 7 nitrogen and oxygen atoms in total. The summed E-state index contributed by atoms with van der Waals surface area (Å²) in [5, 5.41) is 0. The van der Waals surface area contributed by atoms with Gasteiger partial charge >= 0.3 is 0 Å². The number of carbonyl (C=O) groups is 3. The van der Waals surface area contributed by atoms with E-state index in [2.05, 4.69) is 4.72 Å². The van der Waals surface area contributed by atoms with Gasteiger partial charge in [-0.1, -0.05) is 42.5 Å². The molecule has 8 heteroatoms. The summed E-state index contributed by atoms with van der Waals surface area (Å²) in [7, 11) is -4.01. The number of nitrogens with zero attached hydrogens (tertiary/aromatic N) is 1. The third-order valence-corrected chi connectivity index (χ3v) is 6.29. The minimum Gasteiger partial charge on any atom is -0.289 e. The molecule has 156 valence electrons. The summed E-state index contributed by atoms with van der Waals surface area (Å²) < 4.78 is 28.3. The van der Waals surface area contributed by atoms with Crippen LogP contribution in [0, 0.1) is 0 Å². The number of para-hydroxylation sites is 1. The van der Waals surface area contributed by atoms with Gasteiger partial charge in [0.1, 0.15) is 0 Å². The number of hydrogen-bond donors (Lipinski definition) is 1. The Kier molecular flexibility index (Phi) is 5.39. The zero-order valence-corrected chi connectivity index (χ0v) is 17.1. The SMILES string of the molecule is O=C(c1ccccc1)c1ccccc1NS(=O)(=O)c1ccc(N2C(=O)CCC2=O)cc1. The summed E-state index contributed by atoms with van der Waals surface area (Å²) in [4.78, 5) is 37.6. The zero-order valence-electron chi connectivity index (χ0n) is 16.3. The number of imide groups is 1. The first-order valence-corrected chi connectivity index (χ1v) is 11.0. The van der Waals surface area contributed by atoms with Crippen molar-refractivity contribution in [1.82, 2.24) is 0 Å². The third kappa shape index (κ3) is 4.10. The second-order valence-electron chi connectivity index (χ2n) is 6.96. The van der Waals surface area contributed by atoms with Crippen molar-refractivity contribution in [2.45, 2.75) is 17.7 Å². The molecule has 4 rings (SSSR count). The fraction of sp³-hybridized carbons (Fsp3) is 0.0870. The lowest BCUT2D eigenvalue weighted by Gasteiger charge is -2.15. The van der Waals surface area contributed by atoms with Crippen molar-refractivity contribution >= 4 is 39.0 Å². The van der Waals surface area contributed by atoms with E-state index in [1.165, 1.54) is 30.3 Å². The van der Waals surface area contributed by atoms with Gasteiger partial charge in [0.05, 0.1) is 16.3 Å². The van der Waals surface area contributed by atoms with Gasteiger partial charge in [0.2, 0.25) is 11.8 Å². The molecule has 0 bridgehead atoms. The Bertz CT molecular complexity index is 1250. The van der Waals surface area contributed by atoms with E-state index in [1.807, 2.05) is 0 Å². The molecule has 1 fully saturated rings. The van der Waals surface area contributed by atoms with E-state index in [1.54, 1.807) is 48.5 Å². The Morgan fingerprint density at radius 3 is 2.00 bits per heavy atom. The highest BCUT2D eigenvalue weighted by Gasteiger charge is 2.30. The van der Waals surface area contributed by atoms with Gasteiger partial charge in [-0.3, -0.25) is 24.0 Å². The van der Waals surface area contributed by atoms with Crippen LogP contribution in [-0.2, 0) is 19.6 Å². The van der Waals surface area contributed by atoms with Crippen LogP contribution in [-0.4, -0.2) is 26.0 Å². The van der Waals surface area contributed by atoms with Crippen LogP contribution in [0.2, 0.25) is 0 Å². The van der Waals surface area contributed by atoms with Gasteiger partial charge in [-0.15, -0.1) is 0 Å². The number of ketones is 1. The lowest BCUT2D eigenvalue weighted by molar-refractivity contribution is -0.121. The van der Waals surface area contributed by atoms with Crippen molar-refractivity contribution in [2.75, 3.05) is 9.62 Å². The molecule has 3 aromatic rings. The Labute approximate surface area is 179 Å². The number of nitrogens with one attached hydrogen (secondary N) is 1. The maximum absolute atomic E-state index is 12.9. The van der Waals surface area contributed by atoms with Crippen LogP contribution >= 0.6 is 0 Å². The van der Waals surface area contributed by atoms with Gasteiger partial charge in [-0.2, -0.15) is 0 Å². The first-order valence-electron chi connectivity index (χ1n) is 9.54. The van der Waals surface area contributed by atoms with E-state index >= 15 is 0 Å². The number of amides is 2. The van der Waals surface area contributed by atoms with Crippen molar-refractivity contribution in [1.29, 1.82) is 0 Å². The summed E-state index contributed by atoms with van der Waals surface area (Å²) >= 11 is 0.